The molecule has 0 aliphatic heterocycles. The van der Waals surface area contributed by atoms with Crippen molar-refractivity contribution in [3.05, 3.63) is 39.8 Å². The second-order valence-electron chi connectivity index (χ2n) is 4.30. The zero-order valence-corrected chi connectivity index (χ0v) is 11.6. The molecule has 0 aliphatic rings. The van der Waals surface area contributed by atoms with E-state index in [2.05, 4.69) is 22.2 Å². The van der Waals surface area contributed by atoms with Crippen LogP contribution in [0.4, 0.5) is 0 Å². The molecule has 6 nitrogen and oxygen atoms in total. The maximum absolute atomic E-state index is 11.1. The molecule has 0 amide bonds. The third kappa shape index (κ3) is 2.16. The lowest BCUT2D eigenvalue weighted by Crippen LogP contribution is -2.01. The van der Waals surface area contributed by atoms with Crippen molar-refractivity contribution in [2.24, 2.45) is 0 Å². The Balaban J connectivity index is 2.00. The summed E-state index contributed by atoms with van der Waals surface area (Å²) in [6.07, 6.45) is 2.82. The molecule has 3 aromatic rings. The number of carboxylic acids is 1. The van der Waals surface area contributed by atoms with E-state index in [1.165, 1.54) is 10.9 Å². The molecule has 102 valence electrons. The molecule has 1 N–H and O–H groups in total. The summed E-state index contributed by atoms with van der Waals surface area (Å²) in [6.45, 7) is 2.59. The van der Waals surface area contributed by atoms with Crippen molar-refractivity contribution in [3.8, 4) is 0 Å². The second kappa shape index (κ2) is 5.01. The molecule has 0 radical (unpaired) electrons. The van der Waals surface area contributed by atoms with Crippen molar-refractivity contribution >= 4 is 28.3 Å². The number of rotatable bonds is 4. The van der Waals surface area contributed by atoms with Gasteiger partial charge in [-0.2, -0.15) is 0 Å². The fourth-order valence-corrected chi connectivity index (χ4v) is 2.84. The van der Waals surface area contributed by atoms with E-state index >= 15 is 0 Å². The van der Waals surface area contributed by atoms with Gasteiger partial charge in [-0.3, -0.25) is 0 Å². The number of hydrogen-bond donors (Lipinski definition) is 1. The number of aromatic carboxylic acids is 1. The monoisotopic (exact) mass is 288 g/mol. The van der Waals surface area contributed by atoms with Gasteiger partial charge in [0.2, 0.25) is 0 Å². The van der Waals surface area contributed by atoms with Gasteiger partial charge >= 0.3 is 5.97 Å². The predicted molar refractivity (Wildman–Crippen MR) is 75.1 cm³/mol. The Kier molecular flexibility index (Phi) is 3.19. The first-order valence-electron chi connectivity index (χ1n) is 6.18. The predicted octanol–water partition coefficient (Wildman–Crippen LogP) is 2.20. The van der Waals surface area contributed by atoms with E-state index in [0.717, 1.165) is 11.4 Å². The summed E-state index contributed by atoms with van der Waals surface area (Å²) in [5.74, 6) is -0.995. The Morgan fingerprint density at radius 3 is 3.00 bits per heavy atom. The minimum atomic E-state index is -0.995. The maximum Gasteiger partial charge on any atom is 0.338 e. The maximum atomic E-state index is 11.1. The van der Waals surface area contributed by atoms with Gasteiger partial charge in [-0.15, -0.1) is 16.4 Å². The molecule has 0 aliphatic carbocycles. The van der Waals surface area contributed by atoms with Crippen molar-refractivity contribution in [2.75, 3.05) is 0 Å². The molecular formula is C13H12N4O2S. The molecule has 20 heavy (non-hydrogen) atoms. The minimum Gasteiger partial charge on any atom is -0.478 e. The molecule has 0 saturated carbocycles. The summed E-state index contributed by atoms with van der Waals surface area (Å²) in [5.41, 5.74) is 1.28. The molecule has 0 unspecified atom stereocenters. The molecule has 3 rings (SSSR count). The van der Waals surface area contributed by atoms with Crippen molar-refractivity contribution in [1.82, 2.24) is 20.0 Å². The number of carboxylic acid groups (broad SMARTS) is 1. The molecular weight excluding hydrogens is 276 g/mol. The fraction of sp³-hybridized carbons (Fsp3) is 0.231. The normalized spacial score (nSPS) is 11.1. The average molecular weight is 288 g/mol. The van der Waals surface area contributed by atoms with Gasteiger partial charge in [0.1, 0.15) is 10.5 Å². The van der Waals surface area contributed by atoms with Gasteiger partial charge in [-0.25, -0.2) is 14.5 Å². The highest BCUT2D eigenvalue weighted by molar-refractivity contribution is 7.11. The Morgan fingerprint density at radius 1 is 1.45 bits per heavy atom. The minimum absolute atomic E-state index is 0.169. The van der Waals surface area contributed by atoms with E-state index < -0.39 is 5.97 Å². The highest BCUT2D eigenvalue weighted by Gasteiger charge is 2.14. The summed E-state index contributed by atoms with van der Waals surface area (Å²) < 4.78 is 1.68. The third-order valence-electron chi connectivity index (χ3n) is 3.01. The van der Waals surface area contributed by atoms with E-state index in [1.54, 1.807) is 22.1 Å². The lowest BCUT2D eigenvalue weighted by atomic mass is 10.2. The van der Waals surface area contributed by atoms with E-state index in [1.807, 2.05) is 12.3 Å². The lowest BCUT2D eigenvalue weighted by molar-refractivity contribution is 0.0699. The molecule has 1 aromatic carbocycles. The van der Waals surface area contributed by atoms with Crippen LogP contribution in [0.2, 0.25) is 0 Å². The number of fused-ring (bicyclic) bond motifs is 1. The lowest BCUT2D eigenvalue weighted by Gasteiger charge is -1.99. The summed E-state index contributed by atoms with van der Waals surface area (Å²) in [6, 6.07) is 5.04. The van der Waals surface area contributed by atoms with Crippen LogP contribution in [0.15, 0.2) is 24.4 Å². The second-order valence-corrected chi connectivity index (χ2v) is 5.50. The zero-order valence-electron chi connectivity index (χ0n) is 10.8. The van der Waals surface area contributed by atoms with E-state index in [0.29, 0.717) is 17.6 Å². The Hall–Kier alpha value is -2.28. The summed E-state index contributed by atoms with van der Waals surface area (Å²) in [4.78, 5) is 16.7. The van der Waals surface area contributed by atoms with Gasteiger partial charge in [-0.1, -0.05) is 18.2 Å². The van der Waals surface area contributed by atoms with Gasteiger partial charge in [0, 0.05) is 11.1 Å². The van der Waals surface area contributed by atoms with Crippen molar-refractivity contribution in [1.29, 1.82) is 0 Å². The Bertz CT molecular complexity index is 778. The molecule has 0 bridgehead atoms. The van der Waals surface area contributed by atoms with Crippen LogP contribution in [0.25, 0.3) is 11.0 Å². The van der Waals surface area contributed by atoms with Crippen LogP contribution in [-0.2, 0) is 13.0 Å². The van der Waals surface area contributed by atoms with Gasteiger partial charge < -0.3 is 5.11 Å². The van der Waals surface area contributed by atoms with E-state index in [9.17, 15) is 4.79 Å². The number of hydrogen-bond acceptors (Lipinski definition) is 5. The Morgan fingerprint density at radius 2 is 2.30 bits per heavy atom. The van der Waals surface area contributed by atoms with E-state index in [-0.39, 0.29) is 5.56 Å². The van der Waals surface area contributed by atoms with Gasteiger partial charge in [0.05, 0.1) is 17.6 Å². The quantitative estimate of drug-likeness (QED) is 0.796. The van der Waals surface area contributed by atoms with Crippen molar-refractivity contribution in [3.63, 3.8) is 0 Å². The molecule has 7 heteroatoms. The number of benzene rings is 1. The summed E-state index contributed by atoms with van der Waals surface area (Å²) >= 11 is 1.63. The van der Waals surface area contributed by atoms with E-state index in [4.69, 9.17) is 5.11 Å². The first-order valence-corrected chi connectivity index (χ1v) is 6.99. The molecule has 0 saturated heterocycles. The largest absolute Gasteiger partial charge is 0.478 e. The summed E-state index contributed by atoms with van der Waals surface area (Å²) in [5, 5.41) is 18.1. The zero-order chi connectivity index (χ0) is 14.1. The highest BCUT2D eigenvalue weighted by atomic mass is 32.1. The fourth-order valence-electron chi connectivity index (χ4n) is 1.99. The average Bonchev–Trinajstić information content (AvgIpc) is 3.06. The van der Waals surface area contributed by atoms with Gasteiger partial charge in [-0.05, 0) is 18.6 Å². The van der Waals surface area contributed by atoms with Crippen molar-refractivity contribution in [2.45, 2.75) is 19.9 Å². The number of nitrogens with zero attached hydrogens (tertiary/aromatic N) is 4. The van der Waals surface area contributed by atoms with Gasteiger partial charge in [0.15, 0.2) is 0 Å². The first-order chi connectivity index (χ1) is 9.69. The van der Waals surface area contributed by atoms with Crippen LogP contribution in [0.1, 0.15) is 27.2 Å². The number of thiazole rings is 1. The number of aryl methyl sites for hydroxylation is 1. The molecule has 0 atom stereocenters. The van der Waals surface area contributed by atoms with Crippen LogP contribution >= 0.6 is 11.3 Å². The SMILES string of the molecule is CCc1cnc(Cn2nnc3c(C(=O)O)cccc32)s1. The topological polar surface area (TPSA) is 80.9 Å². The number of carbonyl (C=O) groups is 1. The first kappa shape index (κ1) is 12.7. The molecule has 2 aromatic heterocycles. The van der Waals surface area contributed by atoms with Crippen LogP contribution in [0.3, 0.4) is 0 Å². The van der Waals surface area contributed by atoms with Crippen LogP contribution in [0.5, 0.6) is 0 Å². The van der Waals surface area contributed by atoms with Crippen LogP contribution < -0.4 is 0 Å². The van der Waals surface area contributed by atoms with Crippen LogP contribution in [-0.4, -0.2) is 31.1 Å². The van der Waals surface area contributed by atoms with Crippen molar-refractivity contribution < 1.29 is 9.90 Å². The standard InChI is InChI=1S/C13H12N4O2S/c1-2-8-6-14-11(20-8)7-17-10-5-3-4-9(13(18)19)12(10)15-16-17/h3-6H,2,7H2,1H3,(H,18,19). The molecule has 0 spiro atoms. The highest BCUT2D eigenvalue weighted by Crippen LogP contribution is 2.19. The number of aromatic nitrogens is 4. The smallest absolute Gasteiger partial charge is 0.338 e. The molecule has 2 heterocycles. The summed E-state index contributed by atoms with van der Waals surface area (Å²) in [7, 11) is 0. The Labute approximate surface area is 118 Å². The third-order valence-corrected chi connectivity index (χ3v) is 4.14. The van der Waals surface area contributed by atoms with Crippen LogP contribution in [0, 0.1) is 0 Å². The van der Waals surface area contributed by atoms with Gasteiger partial charge in [0.25, 0.3) is 0 Å². The molecule has 0 fully saturated rings.